The Morgan fingerprint density at radius 3 is 2.86 bits per heavy atom. The van der Waals surface area contributed by atoms with Gasteiger partial charge in [0.1, 0.15) is 0 Å². The lowest BCUT2D eigenvalue weighted by Gasteiger charge is -2.11. The van der Waals surface area contributed by atoms with E-state index in [1.807, 2.05) is 19.2 Å². The average molecular weight is 337 g/mol. The van der Waals surface area contributed by atoms with Crippen LogP contribution in [-0.2, 0) is 6.54 Å². The van der Waals surface area contributed by atoms with Crippen LogP contribution >= 0.6 is 23.1 Å². The minimum Gasteiger partial charge on any atom is -0.346 e. The van der Waals surface area contributed by atoms with E-state index in [0.717, 1.165) is 10.6 Å². The van der Waals surface area contributed by atoms with Crippen molar-refractivity contribution in [2.45, 2.75) is 30.5 Å². The first-order valence-corrected chi connectivity index (χ1v) is 8.40. The molecule has 1 aromatic carbocycles. The number of nitro groups is 1. The van der Waals surface area contributed by atoms with Crippen molar-refractivity contribution in [1.29, 1.82) is 0 Å². The normalized spacial score (nSPS) is 10.7. The summed E-state index contributed by atoms with van der Waals surface area (Å²) in [6.45, 7) is 4.31. The number of nitro benzene ring substituents is 1. The third-order valence-corrected chi connectivity index (χ3v) is 4.41. The summed E-state index contributed by atoms with van der Waals surface area (Å²) in [5.74, 6) is -0.333. The molecule has 0 fully saturated rings. The molecular weight excluding hydrogens is 322 g/mol. The van der Waals surface area contributed by atoms with Gasteiger partial charge >= 0.3 is 0 Å². The van der Waals surface area contributed by atoms with E-state index in [9.17, 15) is 14.9 Å². The van der Waals surface area contributed by atoms with Crippen molar-refractivity contribution in [1.82, 2.24) is 10.3 Å². The van der Waals surface area contributed by atoms with Gasteiger partial charge in [0.25, 0.3) is 11.6 Å². The lowest BCUT2D eigenvalue weighted by atomic mass is 10.2. The highest BCUT2D eigenvalue weighted by atomic mass is 32.2. The number of benzene rings is 1. The van der Waals surface area contributed by atoms with Gasteiger partial charge in [-0.25, -0.2) is 4.98 Å². The predicted molar refractivity (Wildman–Crippen MR) is 87.4 cm³/mol. The number of amides is 1. The van der Waals surface area contributed by atoms with Crippen LogP contribution < -0.4 is 5.32 Å². The van der Waals surface area contributed by atoms with E-state index in [0.29, 0.717) is 12.1 Å². The first-order valence-electron chi connectivity index (χ1n) is 6.57. The fourth-order valence-electron chi connectivity index (χ4n) is 1.76. The summed E-state index contributed by atoms with van der Waals surface area (Å²) in [5.41, 5.74) is 2.69. The highest BCUT2D eigenvalue weighted by molar-refractivity contribution is 8.00. The van der Waals surface area contributed by atoms with Gasteiger partial charge in [-0.15, -0.1) is 23.1 Å². The van der Waals surface area contributed by atoms with Crippen molar-refractivity contribution in [2.75, 3.05) is 0 Å². The third kappa shape index (κ3) is 4.28. The molecule has 1 amide bonds. The molecule has 0 bridgehead atoms. The second-order valence-electron chi connectivity index (χ2n) is 4.77. The SMILES string of the molecule is CC(C)Sc1ccc([N+](=O)[O-])cc1C(=O)NCc1cscn1. The lowest BCUT2D eigenvalue weighted by Crippen LogP contribution is -2.23. The number of hydrogen-bond donors (Lipinski definition) is 1. The molecule has 1 aromatic heterocycles. The Balaban J connectivity index is 2.22. The third-order valence-electron chi connectivity index (χ3n) is 2.69. The van der Waals surface area contributed by atoms with Crippen LogP contribution in [0.15, 0.2) is 34.0 Å². The molecule has 0 radical (unpaired) electrons. The fourth-order valence-corrected chi connectivity index (χ4v) is 3.25. The number of thiazole rings is 1. The number of carbonyl (C=O) groups is 1. The van der Waals surface area contributed by atoms with Gasteiger partial charge in [-0.2, -0.15) is 0 Å². The van der Waals surface area contributed by atoms with E-state index < -0.39 is 4.92 Å². The zero-order valence-electron chi connectivity index (χ0n) is 12.1. The number of hydrogen-bond acceptors (Lipinski definition) is 6. The van der Waals surface area contributed by atoms with Gasteiger partial charge < -0.3 is 5.32 Å². The molecule has 1 heterocycles. The molecule has 0 unspecified atom stereocenters. The van der Waals surface area contributed by atoms with Crippen molar-refractivity contribution in [3.05, 3.63) is 50.5 Å². The summed E-state index contributed by atoms with van der Waals surface area (Å²) in [4.78, 5) is 27.6. The monoisotopic (exact) mass is 337 g/mol. The van der Waals surface area contributed by atoms with E-state index >= 15 is 0 Å². The van der Waals surface area contributed by atoms with Crippen LogP contribution in [0.25, 0.3) is 0 Å². The van der Waals surface area contributed by atoms with Gasteiger partial charge in [-0.3, -0.25) is 14.9 Å². The minimum absolute atomic E-state index is 0.0908. The zero-order valence-corrected chi connectivity index (χ0v) is 13.7. The number of nitrogens with zero attached hydrogens (tertiary/aromatic N) is 2. The quantitative estimate of drug-likeness (QED) is 0.495. The molecule has 0 saturated carbocycles. The van der Waals surface area contributed by atoms with Crippen molar-refractivity contribution >= 4 is 34.7 Å². The summed E-state index contributed by atoms with van der Waals surface area (Å²) >= 11 is 2.95. The maximum absolute atomic E-state index is 12.3. The fraction of sp³-hybridized carbons (Fsp3) is 0.286. The van der Waals surface area contributed by atoms with Crippen LogP contribution in [0.2, 0.25) is 0 Å². The van der Waals surface area contributed by atoms with Gasteiger partial charge in [0.2, 0.25) is 0 Å². The Kier molecular flexibility index (Phi) is 5.51. The van der Waals surface area contributed by atoms with Gasteiger partial charge in [-0.1, -0.05) is 13.8 Å². The topological polar surface area (TPSA) is 85.1 Å². The van der Waals surface area contributed by atoms with Crippen molar-refractivity contribution < 1.29 is 9.72 Å². The molecule has 2 rings (SSSR count). The Bertz CT molecular complexity index is 672. The number of rotatable bonds is 6. The predicted octanol–water partition coefficient (Wildman–Crippen LogP) is 3.48. The first kappa shape index (κ1) is 16.4. The Morgan fingerprint density at radius 2 is 2.27 bits per heavy atom. The van der Waals surface area contributed by atoms with Crippen molar-refractivity contribution in [3.8, 4) is 0 Å². The number of aromatic nitrogens is 1. The number of non-ortho nitro benzene ring substituents is 1. The Hall–Kier alpha value is -1.93. The van der Waals surface area contributed by atoms with E-state index in [1.165, 1.54) is 35.2 Å². The molecule has 6 nitrogen and oxygen atoms in total. The molecule has 0 aliphatic rings. The molecule has 116 valence electrons. The van der Waals surface area contributed by atoms with Gasteiger partial charge in [0.15, 0.2) is 0 Å². The lowest BCUT2D eigenvalue weighted by molar-refractivity contribution is -0.384. The number of nitrogens with one attached hydrogen (secondary N) is 1. The van der Waals surface area contributed by atoms with Gasteiger partial charge in [-0.05, 0) is 6.07 Å². The highest BCUT2D eigenvalue weighted by Gasteiger charge is 2.18. The maximum Gasteiger partial charge on any atom is 0.270 e. The molecule has 2 aromatic rings. The summed E-state index contributed by atoms with van der Waals surface area (Å²) in [5, 5.41) is 15.8. The Morgan fingerprint density at radius 1 is 1.50 bits per heavy atom. The molecule has 0 aliphatic heterocycles. The van der Waals surface area contributed by atoms with Gasteiger partial charge in [0.05, 0.1) is 28.2 Å². The molecule has 0 saturated heterocycles. The number of carbonyl (C=O) groups excluding carboxylic acids is 1. The van der Waals surface area contributed by atoms with Crippen molar-refractivity contribution in [2.24, 2.45) is 0 Å². The Labute approximate surface area is 136 Å². The molecule has 0 atom stereocenters. The summed E-state index contributed by atoms with van der Waals surface area (Å²) in [6, 6.07) is 4.36. The average Bonchev–Trinajstić information content (AvgIpc) is 2.97. The molecule has 1 N–H and O–H groups in total. The molecular formula is C14H15N3O3S2. The van der Waals surface area contributed by atoms with Crippen LogP contribution in [0.4, 0.5) is 5.69 Å². The summed E-state index contributed by atoms with van der Waals surface area (Å²) in [7, 11) is 0. The van der Waals surface area contributed by atoms with E-state index in [2.05, 4.69) is 10.3 Å². The highest BCUT2D eigenvalue weighted by Crippen LogP contribution is 2.29. The van der Waals surface area contributed by atoms with E-state index in [4.69, 9.17) is 0 Å². The second-order valence-corrected chi connectivity index (χ2v) is 7.10. The molecule has 0 aliphatic carbocycles. The van der Waals surface area contributed by atoms with Crippen molar-refractivity contribution in [3.63, 3.8) is 0 Å². The largest absolute Gasteiger partial charge is 0.346 e. The van der Waals surface area contributed by atoms with E-state index in [1.54, 1.807) is 11.6 Å². The van der Waals surface area contributed by atoms with Crippen LogP contribution in [-0.4, -0.2) is 21.1 Å². The first-order chi connectivity index (χ1) is 10.5. The minimum atomic E-state index is -0.499. The maximum atomic E-state index is 12.3. The zero-order chi connectivity index (χ0) is 16.1. The summed E-state index contributed by atoms with van der Waals surface area (Å²) in [6.07, 6.45) is 0. The number of thioether (sulfide) groups is 1. The van der Waals surface area contributed by atoms with Crippen LogP contribution in [0.3, 0.4) is 0 Å². The van der Waals surface area contributed by atoms with Crippen LogP contribution in [0.5, 0.6) is 0 Å². The van der Waals surface area contributed by atoms with E-state index in [-0.39, 0.29) is 16.8 Å². The molecule has 8 heteroatoms. The summed E-state index contributed by atoms with van der Waals surface area (Å²) < 4.78 is 0. The van der Waals surface area contributed by atoms with Crippen LogP contribution in [0.1, 0.15) is 29.9 Å². The van der Waals surface area contributed by atoms with Gasteiger partial charge in [0, 0.05) is 27.7 Å². The molecule has 0 spiro atoms. The molecule has 22 heavy (non-hydrogen) atoms. The second kappa shape index (κ2) is 7.37. The van der Waals surface area contributed by atoms with Crippen LogP contribution in [0, 0.1) is 10.1 Å². The standard InChI is InChI=1S/C14H15N3O3S2/c1-9(2)22-13-4-3-11(17(19)20)5-12(13)14(18)15-6-10-7-21-8-16-10/h3-5,7-9H,6H2,1-2H3,(H,15,18). The smallest absolute Gasteiger partial charge is 0.270 e.